The molecule has 0 atom stereocenters. The number of halogens is 2. The van der Waals surface area contributed by atoms with Crippen molar-refractivity contribution in [1.29, 1.82) is 0 Å². The van der Waals surface area contributed by atoms with E-state index in [1.54, 1.807) is 18.2 Å². The molecule has 2 amide bonds. The number of hydrogen-bond donors (Lipinski definition) is 2. The van der Waals surface area contributed by atoms with Gasteiger partial charge in [0.2, 0.25) is 5.91 Å². The van der Waals surface area contributed by atoms with E-state index >= 15 is 0 Å². The summed E-state index contributed by atoms with van der Waals surface area (Å²) >= 11 is 13.2. The molecule has 0 aliphatic carbocycles. The molecule has 11 heteroatoms. The summed E-state index contributed by atoms with van der Waals surface area (Å²) in [6.07, 6.45) is 0. The van der Waals surface area contributed by atoms with E-state index < -0.39 is 0 Å². The Balaban J connectivity index is 1.51. The van der Waals surface area contributed by atoms with E-state index in [0.29, 0.717) is 39.0 Å². The van der Waals surface area contributed by atoms with Gasteiger partial charge < -0.3 is 19.9 Å². The van der Waals surface area contributed by atoms with Crippen LogP contribution in [-0.4, -0.2) is 38.9 Å². The number of carbonyl (C=O) groups is 2. The predicted octanol–water partition coefficient (Wildman–Crippen LogP) is 4.65. The van der Waals surface area contributed by atoms with Crippen LogP contribution in [0.25, 0.3) is 0 Å². The number of rotatable bonds is 10. The van der Waals surface area contributed by atoms with Crippen LogP contribution < -0.4 is 15.4 Å². The molecule has 3 aromatic rings. The van der Waals surface area contributed by atoms with Gasteiger partial charge in [0, 0.05) is 11.6 Å². The lowest BCUT2D eigenvalue weighted by Crippen LogP contribution is -2.29. The maximum atomic E-state index is 12.3. The number of para-hydroxylation sites is 1. The van der Waals surface area contributed by atoms with Crippen LogP contribution in [0, 0.1) is 13.8 Å². The van der Waals surface area contributed by atoms with E-state index in [1.165, 1.54) is 11.8 Å². The number of aryl methyl sites for hydroxylation is 2. The van der Waals surface area contributed by atoms with E-state index in [1.807, 2.05) is 43.5 Å². The van der Waals surface area contributed by atoms with Gasteiger partial charge >= 0.3 is 0 Å². The Morgan fingerprint density at radius 1 is 1.09 bits per heavy atom. The number of nitrogens with zero attached hydrogens (tertiary/aromatic N) is 3. The Labute approximate surface area is 212 Å². The normalized spacial score (nSPS) is 10.7. The van der Waals surface area contributed by atoms with Crippen molar-refractivity contribution in [3.05, 3.63) is 63.4 Å². The van der Waals surface area contributed by atoms with Gasteiger partial charge in [-0.15, -0.1) is 10.2 Å². The van der Waals surface area contributed by atoms with E-state index in [4.69, 9.17) is 27.9 Å². The maximum Gasteiger partial charge on any atom is 0.258 e. The fraction of sp³-hybridized carbons (Fsp3) is 0.304. The Bertz CT molecular complexity index is 1170. The molecular weight excluding hydrogens is 497 g/mol. The quantitative estimate of drug-likeness (QED) is 0.377. The molecule has 0 aliphatic rings. The minimum absolute atomic E-state index is 0.0962. The van der Waals surface area contributed by atoms with Gasteiger partial charge in [0.25, 0.3) is 5.91 Å². The van der Waals surface area contributed by atoms with E-state index in [0.717, 1.165) is 11.1 Å². The van der Waals surface area contributed by atoms with Crippen molar-refractivity contribution in [3.63, 3.8) is 0 Å². The SMILES string of the molecule is CCn1c(CNC(=O)COc2c(C)cccc2C)nnc1SCC(=O)Nc1ccc(Cl)cc1Cl. The smallest absolute Gasteiger partial charge is 0.258 e. The predicted molar refractivity (Wildman–Crippen MR) is 135 cm³/mol. The van der Waals surface area contributed by atoms with Crippen LogP contribution in [0.3, 0.4) is 0 Å². The van der Waals surface area contributed by atoms with E-state index in [-0.39, 0.29) is 30.7 Å². The Kier molecular flexibility index (Phi) is 9.20. The second-order valence-electron chi connectivity index (χ2n) is 7.39. The number of nitrogens with one attached hydrogen (secondary N) is 2. The summed E-state index contributed by atoms with van der Waals surface area (Å²) in [5.41, 5.74) is 2.44. The molecule has 2 aromatic carbocycles. The van der Waals surface area contributed by atoms with Crippen molar-refractivity contribution < 1.29 is 14.3 Å². The average Bonchev–Trinajstić information content (AvgIpc) is 3.19. The number of carbonyl (C=O) groups excluding carboxylic acids is 2. The molecule has 2 N–H and O–H groups in total. The number of aromatic nitrogens is 3. The summed E-state index contributed by atoms with van der Waals surface area (Å²) in [4.78, 5) is 24.6. The maximum absolute atomic E-state index is 12.3. The minimum atomic E-state index is -0.262. The molecule has 0 saturated heterocycles. The highest BCUT2D eigenvalue weighted by Crippen LogP contribution is 2.26. The molecule has 0 fully saturated rings. The second-order valence-corrected chi connectivity index (χ2v) is 9.18. The average molecular weight is 522 g/mol. The van der Waals surface area contributed by atoms with Crippen molar-refractivity contribution in [2.75, 3.05) is 17.7 Å². The van der Waals surface area contributed by atoms with Crippen LogP contribution in [0.2, 0.25) is 10.0 Å². The lowest BCUT2D eigenvalue weighted by atomic mass is 10.1. The molecule has 0 saturated carbocycles. The molecule has 0 unspecified atom stereocenters. The third-order valence-corrected chi connectivity index (χ3v) is 6.36. The van der Waals surface area contributed by atoms with Crippen molar-refractivity contribution >= 4 is 52.5 Å². The highest BCUT2D eigenvalue weighted by molar-refractivity contribution is 7.99. The molecule has 1 aromatic heterocycles. The summed E-state index contributed by atoms with van der Waals surface area (Å²) in [6, 6.07) is 10.7. The van der Waals surface area contributed by atoms with E-state index in [2.05, 4.69) is 20.8 Å². The first-order chi connectivity index (χ1) is 16.3. The van der Waals surface area contributed by atoms with Crippen LogP contribution >= 0.6 is 35.0 Å². The molecule has 1 heterocycles. The van der Waals surface area contributed by atoms with Gasteiger partial charge in [0.1, 0.15) is 5.75 Å². The third kappa shape index (κ3) is 6.88. The lowest BCUT2D eigenvalue weighted by Gasteiger charge is -2.12. The number of anilines is 1. The summed E-state index contributed by atoms with van der Waals surface area (Å²) in [5.74, 6) is 0.922. The van der Waals surface area contributed by atoms with Crippen molar-refractivity contribution in [2.24, 2.45) is 0 Å². The first-order valence-electron chi connectivity index (χ1n) is 10.5. The zero-order valence-corrected chi connectivity index (χ0v) is 21.4. The molecular formula is C23H25Cl2N5O3S. The van der Waals surface area contributed by atoms with Gasteiger partial charge in [0.05, 0.1) is 23.0 Å². The monoisotopic (exact) mass is 521 g/mol. The fourth-order valence-corrected chi connectivity index (χ4v) is 4.45. The minimum Gasteiger partial charge on any atom is -0.483 e. The van der Waals surface area contributed by atoms with Gasteiger partial charge in [-0.1, -0.05) is 53.2 Å². The lowest BCUT2D eigenvalue weighted by molar-refractivity contribution is -0.123. The standard InChI is InChI=1S/C23H25Cl2N5O3S/c1-4-30-19(11-26-20(31)12-33-22-14(2)6-5-7-15(22)3)28-29-23(30)34-13-21(32)27-18-9-8-16(24)10-17(18)25/h5-10H,4,11-13H2,1-3H3,(H,26,31)(H,27,32). The highest BCUT2D eigenvalue weighted by atomic mass is 35.5. The summed E-state index contributed by atoms with van der Waals surface area (Å²) < 4.78 is 7.54. The number of ether oxygens (including phenoxy) is 1. The van der Waals surface area contributed by atoms with Gasteiger partial charge in [-0.3, -0.25) is 9.59 Å². The molecule has 3 rings (SSSR count). The van der Waals surface area contributed by atoms with Crippen LogP contribution in [-0.2, 0) is 22.7 Å². The zero-order chi connectivity index (χ0) is 24.7. The molecule has 0 radical (unpaired) electrons. The highest BCUT2D eigenvalue weighted by Gasteiger charge is 2.15. The second kappa shape index (κ2) is 12.1. The van der Waals surface area contributed by atoms with Crippen LogP contribution in [0.1, 0.15) is 23.9 Å². The van der Waals surface area contributed by atoms with Crippen molar-refractivity contribution in [1.82, 2.24) is 20.1 Å². The summed E-state index contributed by atoms with van der Waals surface area (Å²) in [5, 5.41) is 15.3. The first-order valence-corrected chi connectivity index (χ1v) is 12.3. The molecule has 0 bridgehead atoms. The zero-order valence-electron chi connectivity index (χ0n) is 19.0. The molecule has 0 aliphatic heterocycles. The first kappa shape index (κ1) is 25.9. The topological polar surface area (TPSA) is 98.1 Å². The molecule has 34 heavy (non-hydrogen) atoms. The number of amides is 2. The van der Waals surface area contributed by atoms with Crippen LogP contribution in [0.15, 0.2) is 41.6 Å². The largest absolute Gasteiger partial charge is 0.483 e. The van der Waals surface area contributed by atoms with Crippen LogP contribution in [0.4, 0.5) is 5.69 Å². The van der Waals surface area contributed by atoms with E-state index in [9.17, 15) is 9.59 Å². The fourth-order valence-electron chi connectivity index (χ4n) is 3.17. The number of thioether (sulfide) groups is 1. The van der Waals surface area contributed by atoms with Gasteiger partial charge in [-0.2, -0.15) is 0 Å². The van der Waals surface area contributed by atoms with Crippen molar-refractivity contribution in [2.45, 2.75) is 39.0 Å². The number of benzene rings is 2. The Hall–Kier alpha value is -2.75. The molecule has 8 nitrogen and oxygen atoms in total. The van der Waals surface area contributed by atoms with Gasteiger partial charge in [-0.05, 0) is 50.1 Å². The Morgan fingerprint density at radius 3 is 2.50 bits per heavy atom. The third-order valence-electron chi connectivity index (χ3n) is 4.85. The molecule has 0 spiro atoms. The van der Waals surface area contributed by atoms with Gasteiger partial charge in [0.15, 0.2) is 17.6 Å². The Morgan fingerprint density at radius 2 is 1.82 bits per heavy atom. The summed E-state index contributed by atoms with van der Waals surface area (Å²) in [7, 11) is 0. The van der Waals surface area contributed by atoms with Crippen LogP contribution in [0.5, 0.6) is 5.75 Å². The van der Waals surface area contributed by atoms with Gasteiger partial charge in [-0.25, -0.2) is 0 Å². The van der Waals surface area contributed by atoms with Crippen molar-refractivity contribution in [3.8, 4) is 5.75 Å². The number of hydrogen-bond acceptors (Lipinski definition) is 6. The summed E-state index contributed by atoms with van der Waals surface area (Å²) in [6.45, 7) is 6.51. The molecule has 180 valence electrons.